The number of aryl methyl sites for hydroxylation is 1. The van der Waals surface area contributed by atoms with Gasteiger partial charge >= 0.3 is 0 Å². The number of nitrogens with one attached hydrogen (secondary N) is 1. The molecule has 8 nitrogen and oxygen atoms in total. The van der Waals surface area contributed by atoms with Crippen molar-refractivity contribution in [2.75, 3.05) is 19.0 Å². The van der Waals surface area contributed by atoms with E-state index in [-0.39, 0.29) is 23.6 Å². The number of amides is 1. The van der Waals surface area contributed by atoms with Crippen LogP contribution in [-0.2, 0) is 11.3 Å². The zero-order chi connectivity index (χ0) is 23.4. The number of carbonyl (C=O) groups is 1. The first-order valence-corrected chi connectivity index (χ1v) is 12.3. The van der Waals surface area contributed by atoms with Gasteiger partial charge in [-0.15, -0.1) is 10.2 Å². The molecule has 3 heterocycles. The van der Waals surface area contributed by atoms with Crippen molar-refractivity contribution in [1.82, 2.24) is 20.1 Å². The summed E-state index contributed by atoms with van der Waals surface area (Å²) in [6.45, 7) is 10.1. The number of thioether (sulfide) groups is 1. The highest BCUT2D eigenvalue weighted by atomic mass is 32.2. The third kappa shape index (κ3) is 5.19. The molecule has 2 aromatic heterocycles. The Hall–Kier alpha value is -2.94. The van der Waals surface area contributed by atoms with Crippen LogP contribution >= 0.6 is 11.8 Å². The molecule has 4 rings (SSSR count). The molecule has 0 saturated carbocycles. The molecule has 0 bridgehead atoms. The van der Waals surface area contributed by atoms with Gasteiger partial charge in [0.15, 0.2) is 22.5 Å². The fourth-order valence-electron chi connectivity index (χ4n) is 3.85. The molecule has 1 unspecified atom stereocenters. The summed E-state index contributed by atoms with van der Waals surface area (Å²) in [6.07, 6.45) is 2.50. The number of hydrogen-bond acceptors (Lipinski definition) is 7. The number of hydrogen-bond donors (Lipinski definition) is 1. The van der Waals surface area contributed by atoms with E-state index < -0.39 is 0 Å². The predicted octanol–water partition coefficient (Wildman–Crippen LogP) is 4.63. The summed E-state index contributed by atoms with van der Waals surface area (Å²) in [6, 6.07) is 7.65. The maximum Gasteiger partial charge on any atom is 0.230 e. The molecule has 1 amide bonds. The lowest BCUT2D eigenvalue weighted by Gasteiger charge is -2.24. The number of benzene rings is 1. The van der Waals surface area contributed by atoms with Crippen molar-refractivity contribution in [1.29, 1.82) is 0 Å². The maximum absolute atomic E-state index is 12.9. The Morgan fingerprint density at radius 3 is 2.67 bits per heavy atom. The van der Waals surface area contributed by atoms with E-state index in [4.69, 9.17) is 13.9 Å². The average molecular weight is 471 g/mol. The second-order valence-corrected chi connectivity index (χ2v) is 9.22. The molecule has 1 N–H and O–H groups in total. The Morgan fingerprint density at radius 2 is 1.97 bits per heavy atom. The smallest absolute Gasteiger partial charge is 0.230 e. The summed E-state index contributed by atoms with van der Waals surface area (Å²) in [5.41, 5.74) is 1.91. The van der Waals surface area contributed by atoms with Crippen LogP contribution in [0.1, 0.15) is 44.6 Å². The van der Waals surface area contributed by atoms with Crippen LogP contribution < -0.4 is 14.8 Å². The zero-order valence-corrected chi connectivity index (χ0v) is 20.3. The molecular formula is C24H30N4O4S. The first-order chi connectivity index (χ1) is 16.0. The summed E-state index contributed by atoms with van der Waals surface area (Å²) in [5, 5.41) is 12.5. The van der Waals surface area contributed by atoms with Crippen LogP contribution in [0.4, 0.5) is 0 Å². The number of nitrogens with zero attached hydrogens (tertiary/aromatic N) is 3. The highest BCUT2D eigenvalue weighted by Crippen LogP contribution is 2.34. The van der Waals surface area contributed by atoms with Crippen LogP contribution in [0.5, 0.6) is 11.5 Å². The van der Waals surface area contributed by atoms with Gasteiger partial charge in [0.25, 0.3) is 0 Å². The fraction of sp³-hybridized carbons (Fsp3) is 0.458. The highest BCUT2D eigenvalue weighted by molar-refractivity contribution is 7.99. The highest BCUT2D eigenvalue weighted by Gasteiger charge is 2.22. The van der Waals surface area contributed by atoms with Crippen molar-refractivity contribution in [2.45, 2.75) is 51.9 Å². The summed E-state index contributed by atoms with van der Waals surface area (Å²) >= 11 is 1.38. The number of carbonyl (C=O) groups excluding carboxylic acids is 1. The number of furan rings is 1. The molecule has 1 aliphatic rings. The van der Waals surface area contributed by atoms with Gasteiger partial charge in [-0.1, -0.05) is 31.7 Å². The van der Waals surface area contributed by atoms with Crippen LogP contribution in [0, 0.1) is 12.8 Å². The summed E-state index contributed by atoms with van der Waals surface area (Å²) in [7, 11) is 0. The quantitative estimate of drug-likeness (QED) is 0.480. The Labute approximate surface area is 198 Å². The third-order valence-electron chi connectivity index (χ3n) is 5.58. The van der Waals surface area contributed by atoms with Crippen LogP contribution in [0.15, 0.2) is 40.1 Å². The van der Waals surface area contributed by atoms with Gasteiger partial charge in [-0.25, -0.2) is 0 Å². The van der Waals surface area contributed by atoms with E-state index in [2.05, 4.69) is 29.4 Å². The second-order valence-electron chi connectivity index (χ2n) is 8.28. The number of rotatable bonds is 8. The molecule has 1 aliphatic heterocycles. The fourth-order valence-corrected chi connectivity index (χ4v) is 4.66. The van der Waals surface area contributed by atoms with E-state index in [1.54, 1.807) is 6.26 Å². The summed E-state index contributed by atoms with van der Waals surface area (Å²) in [5.74, 6) is 3.42. The van der Waals surface area contributed by atoms with Gasteiger partial charge in [-0.05, 0) is 43.5 Å². The molecule has 3 aromatic rings. The van der Waals surface area contributed by atoms with E-state index in [0.717, 1.165) is 40.6 Å². The first-order valence-electron chi connectivity index (χ1n) is 11.3. The molecular weight excluding hydrogens is 440 g/mol. The zero-order valence-electron chi connectivity index (χ0n) is 19.5. The van der Waals surface area contributed by atoms with Crippen molar-refractivity contribution in [3.05, 3.63) is 41.9 Å². The normalized spacial score (nSPS) is 14.2. The van der Waals surface area contributed by atoms with Crippen LogP contribution in [0.3, 0.4) is 0 Å². The van der Waals surface area contributed by atoms with Crippen LogP contribution in [0.2, 0.25) is 0 Å². The molecule has 1 aromatic carbocycles. The third-order valence-corrected chi connectivity index (χ3v) is 6.55. The standard InChI is InChI=1S/C24H30N4O4S/c1-5-28-23(18-9-12-30-16(18)4)26-27-24(28)33-14-21(29)25-22(15(2)3)17-7-8-19-20(13-17)32-11-6-10-31-19/h7-9,12-13,15,22H,5-6,10-11,14H2,1-4H3,(H,25,29). The molecule has 0 aliphatic carbocycles. The summed E-state index contributed by atoms with van der Waals surface area (Å²) in [4.78, 5) is 12.9. The monoisotopic (exact) mass is 470 g/mol. The van der Waals surface area contributed by atoms with Crippen molar-refractivity contribution < 1.29 is 18.7 Å². The average Bonchev–Trinajstić information content (AvgIpc) is 3.33. The molecule has 0 fully saturated rings. The minimum atomic E-state index is -0.136. The minimum absolute atomic E-state index is 0.0579. The van der Waals surface area contributed by atoms with Crippen molar-refractivity contribution in [3.8, 4) is 22.9 Å². The Balaban J connectivity index is 1.44. The number of fused-ring (bicyclic) bond motifs is 1. The largest absolute Gasteiger partial charge is 0.490 e. The maximum atomic E-state index is 12.9. The summed E-state index contributed by atoms with van der Waals surface area (Å²) < 4.78 is 19.0. The van der Waals surface area contributed by atoms with Gasteiger partial charge in [0, 0.05) is 13.0 Å². The molecule has 1 atom stereocenters. The van der Waals surface area contributed by atoms with E-state index >= 15 is 0 Å². The molecule has 0 spiro atoms. The van der Waals surface area contributed by atoms with Gasteiger partial charge in [0.2, 0.25) is 5.91 Å². The molecule has 9 heteroatoms. The lowest BCUT2D eigenvalue weighted by atomic mass is 9.95. The van der Waals surface area contributed by atoms with E-state index in [0.29, 0.717) is 24.9 Å². The van der Waals surface area contributed by atoms with Gasteiger partial charge in [0.05, 0.1) is 36.8 Å². The molecule has 176 valence electrons. The van der Waals surface area contributed by atoms with Crippen LogP contribution in [-0.4, -0.2) is 39.6 Å². The Kier molecular flexibility index (Phi) is 7.27. The lowest BCUT2D eigenvalue weighted by molar-refractivity contribution is -0.119. The molecule has 33 heavy (non-hydrogen) atoms. The van der Waals surface area contributed by atoms with Crippen LogP contribution in [0.25, 0.3) is 11.4 Å². The topological polar surface area (TPSA) is 91.4 Å². The molecule has 0 saturated heterocycles. The Bertz CT molecular complexity index is 1110. The number of ether oxygens (including phenoxy) is 2. The van der Waals surface area contributed by atoms with Crippen molar-refractivity contribution in [2.24, 2.45) is 5.92 Å². The van der Waals surface area contributed by atoms with E-state index in [9.17, 15) is 4.79 Å². The van der Waals surface area contributed by atoms with Gasteiger partial charge in [-0.3, -0.25) is 4.79 Å². The van der Waals surface area contributed by atoms with Gasteiger partial charge < -0.3 is 23.8 Å². The Morgan fingerprint density at radius 1 is 1.18 bits per heavy atom. The van der Waals surface area contributed by atoms with Gasteiger partial charge in [0.1, 0.15) is 5.76 Å². The number of aromatic nitrogens is 3. The van der Waals surface area contributed by atoms with Crippen molar-refractivity contribution in [3.63, 3.8) is 0 Å². The SMILES string of the molecule is CCn1c(SCC(=O)NC(c2ccc3c(c2)OCCCO3)C(C)C)nnc1-c1ccoc1C. The van der Waals surface area contributed by atoms with E-state index in [1.807, 2.05) is 42.7 Å². The second kappa shape index (κ2) is 10.3. The molecule has 0 radical (unpaired) electrons. The van der Waals surface area contributed by atoms with Gasteiger partial charge in [-0.2, -0.15) is 0 Å². The van der Waals surface area contributed by atoms with E-state index in [1.165, 1.54) is 11.8 Å². The predicted molar refractivity (Wildman–Crippen MR) is 127 cm³/mol. The minimum Gasteiger partial charge on any atom is -0.490 e. The van der Waals surface area contributed by atoms with Crippen molar-refractivity contribution >= 4 is 17.7 Å². The lowest BCUT2D eigenvalue weighted by Crippen LogP contribution is -2.33. The first kappa shape index (κ1) is 23.2.